The first-order chi connectivity index (χ1) is 16.6. The van der Waals surface area contributed by atoms with Gasteiger partial charge in [-0.3, -0.25) is 4.90 Å². The second-order valence-electron chi connectivity index (χ2n) is 9.26. The number of rotatable bonds is 8. The molecule has 2 N–H and O–H groups in total. The number of nitrogens with zero attached hydrogens (tertiary/aromatic N) is 2. The number of aliphatic hydroxyl groups is 1. The summed E-state index contributed by atoms with van der Waals surface area (Å²) in [6.07, 6.45) is 1.44. The maximum absolute atomic E-state index is 10.3. The highest BCUT2D eigenvalue weighted by Gasteiger charge is 2.20. The minimum Gasteiger partial charge on any atom is -0.508 e. The molecule has 4 heteroatoms. The van der Waals surface area contributed by atoms with Crippen LogP contribution in [0.25, 0.3) is 11.1 Å². The van der Waals surface area contributed by atoms with Gasteiger partial charge in [0, 0.05) is 44.5 Å². The highest BCUT2D eigenvalue weighted by atomic mass is 16.3. The van der Waals surface area contributed by atoms with Crippen LogP contribution in [0.4, 0.5) is 5.69 Å². The van der Waals surface area contributed by atoms with E-state index in [1.807, 2.05) is 18.2 Å². The number of phenolic OH excluding ortho intramolecular Hbond substituents is 1. The molecule has 1 saturated heterocycles. The molecule has 4 nitrogen and oxygen atoms in total. The molecular weight excluding hydrogens is 420 g/mol. The number of piperazine rings is 1. The lowest BCUT2D eigenvalue weighted by Gasteiger charge is -2.38. The summed E-state index contributed by atoms with van der Waals surface area (Å²) >= 11 is 0. The lowest BCUT2D eigenvalue weighted by molar-refractivity contribution is 0.209. The molecule has 0 amide bonds. The van der Waals surface area contributed by atoms with Crippen molar-refractivity contribution in [2.45, 2.75) is 32.7 Å². The van der Waals surface area contributed by atoms with Gasteiger partial charge in [-0.05, 0) is 78.8 Å². The van der Waals surface area contributed by atoms with Crippen LogP contribution < -0.4 is 4.90 Å². The van der Waals surface area contributed by atoms with Crippen molar-refractivity contribution in [3.63, 3.8) is 0 Å². The van der Waals surface area contributed by atoms with Crippen molar-refractivity contribution in [1.82, 2.24) is 4.90 Å². The third kappa shape index (κ3) is 5.69. The average molecular weight is 457 g/mol. The smallest absolute Gasteiger partial charge is 0.116 e. The van der Waals surface area contributed by atoms with E-state index < -0.39 is 0 Å². The SMILES string of the molecule is CC(C)N1CCN(c2cccc(/C(=C(/CCCO)c3ccccc3)c3cccc(O)c3)c2)CC1. The molecule has 4 rings (SSSR count). The van der Waals surface area contributed by atoms with Crippen LogP contribution in [0.2, 0.25) is 0 Å². The summed E-state index contributed by atoms with van der Waals surface area (Å²) in [4.78, 5) is 5.00. The van der Waals surface area contributed by atoms with Crippen molar-refractivity contribution < 1.29 is 10.2 Å². The van der Waals surface area contributed by atoms with Gasteiger partial charge in [-0.1, -0.05) is 54.6 Å². The molecule has 3 aromatic carbocycles. The molecule has 0 spiro atoms. The largest absolute Gasteiger partial charge is 0.508 e. The van der Waals surface area contributed by atoms with Crippen molar-refractivity contribution in [3.05, 3.63) is 95.6 Å². The molecule has 1 fully saturated rings. The fourth-order valence-corrected chi connectivity index (χ4v) is 4.84. The Morgan fingerprint density at radius 3 is 2.09 bits per heavy atom. The number of aromatic hydroxyl groups is 1. The van der Waals surface area contributed by atoms with E-state index in [-0.39, 0.29) is 12.4 Å². The van der Waals surface area contributed by atoms with Gasteiger partial charge >= 0.3 is 0 Å². The van der Waals surface area contributed by atoms with Crippen molar-refractivity contribution in [2.24, 2.45) is 0 Å². The van der Waals surface area contributed by atoms with E-state index in [2.05, 4.69) is 78.2 Å². The van der Waals surface area contributed by atoms with Crippen LogP contribution in [-0.4, -0.2) is 53.9 Å². The number of phenols is 1. The summed E-state index contributed by atoms with van der Waals surface area (Å²) in [6, 6.07) is 27.3. The van der Waals surface area contributed by atoms with E-state index in [1.54, 1.807) is 6.07 Å². The summed E-state index contributed by atoms with van der Waals surface area (Å²) < 4.78 is 0. The van der Waals surface area contributed by atoms with Gasteiger partial charge in [-0.25, -0.2) is 0 Å². The molecule has 1 heterocycles. The summed E-state index contributed by atoms with van der Waals surface area (Å²) in [6.45, 7) is 8.85. The van der Waals surface area contributed by atoms with Crippen LogP contribution in [0, 0.1) is 0 Å². The monoisotopic (exact) mass is 456 g/mol. The van der Waals surface area contributed by atoms with Crippen molar-refractivity contribution >= 4 is 16.8 Å². The van der Waals surface area contributed by atoms with Crippen LogP contribution in [0.1, 0.15) is 43.4 Å². The van der Waals surface area contributed by atoms with Gasteiger partial charge in [0.05, 0.1) is 0 Å². The molecule has 0 atom stereocenters. The van der Waals surface area contributed by atoms with Gasteiger partial charge in [0.1, 0.15) is 5.75 Å². The van der Waals surface area contributed by atoms with Crippen LogP contribution >= 0.6 is 0 Å². The molecule has 1 aliphatic heterocycles. The molecule has 3 aromatic rings. The Labute approximate surface area is 203 Å². The summed E-state index contributed by atoms with van der Waals surface area (Å²) in [5, 5.41) is 19.9. The third-order valence-electron chi connectivity index (χ3n) is 6.69. The number of anilines is 1. The predicted molar refractivity (Wildman–Crippen MR) is 142 cm³/mol. The van der Waals surface area contributed by atoms with Gasteiger partial charge in [0.25, 0.3) is 0 Å². The fraction of sp³-hybridized carbons (Fsp3) is 0.333. The minimum atomic E-state index is 0.143. The Morgan fingerprint density at radius 1 is 0.794 bits per heavy atom. The molecule has 34 heavy (non-hydrogen) atoms. The van der Waals surface area contributed by atoms with E-state index >= 15 is 0 Å². The van der Waals surface area contributed by atoms with Crippen molar-refractivity contribution in [1.29, 1.82) is 0 Å². The van der Waals surface area contributed by atoms with Gasteiger partial charge in [-0.2, -0.15) is 0 Å². The number of allylic oxidation sites excluding steroid dienone is 1. The number of hydrogen-bond acceptors (Lipinski definition) is 4. The van der Waals surface area contributed by atoms with E-state index in [0.717, 1.165) is 54.9 Å². The van der Waals surface area contributed by atoms with Crippen LogP contribution in [0.3, 0.4) is 0 Å². The van der Waals surface area contributed by atoms with E-state index in [0.29, 0.717) is 12.5 Å². The quantitative estimate of drug-likeness (QED) is 0.430. The Morgan fingerprint density at radius 2 is 1.44 bits per heavy atom. The zero-order valence-electron chi connectivity index (χ0n) is 20.3. The van der Waals surface area contributed by atoms with E-state index in [9.17, 15) is 10.2 Å². The van der Waals surface area contributed by atoms with Gasteiger partial charge in [-0.15, -0.1) is 0 Å². The summed E-state index contributed by atoms with van der Waals surface area (Å²) in [7, 11) is 0. The first-order valence-corrected chi connectivity index (χ1v) is 12.3. The van der Waals surface area contributed by atoms with Crippen molar-refractivity contribution in [3.8, 4) is 5.75 Å². The first-order valence-electron chi connectivity index (χ1n) is 12.3. The second kappa shape index (κ2) is 11.4. The normalized spacial score (nSPS) is 15.5. The fourth-order valence-electron chi connectivity index (χ4n) is 4.84. The summed E-state index contributed by atoms with van der Waals surface area (Å²) in [5.74, 6) is 0.255. The third-order valence-corrected chi connectivity index (χ3v) is 6.69. The predicted octanol–water partition coefficient (Wildman–Crippen LogP) is 5.65. The van der Waals surface area contributed by atoms with Crippen molar-refractivity contribution in [2.75, 3.05) is 37.7 Å². The topological polar surface area (TPSA) is 46.9 Å². The summed E-state index contributed by atoms with van der Waals surface area (Å²) in [5.41, 5.74) is 6.78. The average Bonchev–Trinajstić information content (AvgIpc) is 2.87. The highest BCUT2D eigenvalue weighted by Crippen LogP contribution is 2.37. The molecule has 0 radical (unpaired) electrons. The van der Waals surface area contributed by atoms with E-state index in [1.165, 1.54) is 11.3 Å². The second-order valence-corrected chi connectivity index (χ2v) is 9.26. The highest BCUT2D eigenvalue weighted by molar-refractivity contribution is 5.99. The Kier molecular flexibility index (Phi) is 8.04. The number of benzene rings is 3. The molecule has 0 bridgehead atoms. The number of hydrogen-bond donors (Lipinski definition) is 2. The Hall–Kier alpha value is -3.08. The first kappa shape index (κ1) is 24.1. The van der Waals surface area contributed by atoms with Gasteiger partial charge in [0.15, 0.2) is 0 Å². The Balaban J connectivity index is 1.80. The molecular formula is C30H36N2O2. The molecule has 178 valence electrons. The maximum atomic E-state index is 10.3. The lowest BCUT2D eigenvalue weighted by Crippen LogP contribution is -2.48. The lowest BCUT2D eigenvalue weighted by atomic mass is 9.87. The van der Waals surface area contributed by atoms with Gasteiger partial charge < -0.3 is 15.1 Å². The number of aliphatic hydroxyl groups excluding tert-OH is 1. The van der Waals surface area contributed by atoms with Crippen LogP contribution in [0.5, 0.6) is 5.75 Å². The minimum absolute atomic E-state index is 0.143. The zero-order valence-corrected chi connectivity index (χ0v) is 20.3. The molecule has 1 aliphatic rings. The van der Waals surface area contributed by atoms with Crippen LogP contribution in [0.15, 0.2) is 78.9 Å². The van der Waals surface area contributed by atoms with Crippen LogP contribution in [-0.2, 0) is 0 Å². The molecule has 0 saturated carbocycles. The molecule has 0 aromatic heterocycles. The molecule has 0 unspecified atom stereocenters. The maximum Gasteiger partial charge on any atom is 0.116 e. The van der Waals surface area contributed by atoms with E-state index in [4.69, 9.17) is 0 Å². The molecule has 0 aliphatic carbocycles. The zero-order chi connectivity index (χ0) is 23.9. The van der Waals surface area contributed by atoms with Gasteiger partial charge in [0.2, 0.25) is 0 Å². The Bertz CT molecular complexity index is 1100. The standard InChI is InChI=1S/C30H36N2O2/c1-23(2)31-16-18-32(19-17-31)27-13-6-11-25(21-27)30(26-12-7-14-28(34)22-26)29(15-8-20-33)24-9-4-3-5-10-24/h3-7,9-14,21-23,33-34H,8,15-20H2,1-2H3/b30-29+.